The van der Waals surface area contributed by atoms with Crippen LogP contribution in [0.5, 0.6) is 0 Å². The van der Waals surface area contributed by atoms with Gasteiger partial charge in [-0.3, -0.25) is 9.88 Å². The third-order valence-corrected chi connectivity index (χ3v) is 5.23. The average Bonchev–Trinajstić information content (AvgIpc) is 2.71. The van der Waals surface area contributed by atoms with Gasteiger partial charge in [0.25, 0.3) is 0 Å². The molecule has 8 nitrogen and oxygen atoms in total. The standard InChI is InChI=1S/C19H25N5O3/c1-20-17(13-24(11-12-25)19(26)27)14-6-9-23(10-7-14)18-5-4-15-16(22-18)3-2-8-21-15/h2-5,8,12,14,17,20H,6-7,9-11,13H2,1H3,(H,26,27). The Morgan fingerprint density at radius 1 is 1.37 bits per heavy atom. The summed E-state index contributed by atoms with van der Waals surface area (Å²) in [6.45, 7) is 1.95. The van der Waals surface area contributed by atoms with Crippen LogP contribution in [0.3, 0.4) is 0 Å². The van der Waals surface area contributed by atoms with Crippen LogP contribution >= 0.6 is 0 Å². The van der Waals surface area contributed by atoms with E-state index in [-0.39, 0.29) is 12.6 Å². The van der Waals surface area contributed by atoms with E-state index >= 15 is 0 Å². The van der Waals surface area contributed by atoms with E-state index in [9.17, 15) is 14.7 Å². The first kappa shape index (κ1) is 19.0. The van der Waals surface area contributed by atoms with Crippen molar-refractivity contribution in [1.29, 1.82) is 0 Å². The molecule has 0 radical (unpaired) electrons. The molecule has 2 aromatic rings. The van der Waals surface area contributed by atoms with Gasteiger partial charge in [-0.15, -0.1) is 0 Å². The fourth-order valence-electron chi connectivity index (χ4n) is 3.69. The summed E-state index contributed by atoms with van der Waals surface area (Å²) in [6.07, 6.45) is 3.20. The van der Waals surface area contributed by atoms with Crippen LogP contribution in [0.25, 0.3) is 11.0 Å². The van der Waals surface area contributed by atoms with Gasteiger partial charge in [0.2, 0.25) is 0 Å². The summed E-state index contributed by atoms with van der Waals surface area (Å²) in [5.74, 6) is 1.30. The minimum atomic E-state index is -1.06. The predicted octanol–water partition coefficient (Wildman–Crippen LogP) is 1.61. The number of piperidine rings is 1. The van der Waals surface area contributed by atoms with E-state index < -0.39 is 6.09 Å². The number of pyridine rings is 2. The van der Waals surface area contributed by atoms with Crippen molar-refractivity contribution in [1.82, 2.24) is 20.2 Å². The molecule has 0 aliphatic carbocycles. The van der Waals surface area contributed by atoms with Crippen molar-refractivity contribution in [2.45, 2.75) is 18.9 Å². The van der Waals surface area contributed by atoms with Crippen molar-refractivity contribution < 1.29 is 14.7 Å². The molecule has 3 rings (SSSR count). The Labute approximate surface area is 158 Å². The van der Waals surface area contributed by atoms with Gasteiger partial charge in [0.05, 0.1) is 17.6 Å². The number of aromatic nitrogens is 2. The Balaban J connectivity index is 1.62. The number of likely N-dealkylation sites (N-methyl/N-ethyl adjacent to an activating group) is 1. The predicted molar refractivity (Wildman–Crippen MR) is 103 cm³/mol. The lowest BCUT2D eigenvalue weighted by Gasteiger charge is -2.37. The molecule has 2 N–H and O–H groups in total. The van der Waals surface area contributed by atoms with Crippen molar-refractivity contribution in [2.75, 3.05) is 38.1 Å². The van der Waals surface area contributed by atoms with Gasteiger partial charge in [0, 0.05) is 31.9 Å². The molecular formula is C19H25N5O3. The lowest BCUT2D eigenvalue weighted by Crippen LogP contribution is -2.49. The lowest BCUT2D eigenvalue weighted by molar-refractivity contribution is -0.108. The third kappa shape index (κ3) is 4.51. The van der Waals surface area contributed by atoms with Crippen LogP contribution in [0.1, 0.15) is 12.8 Å². The molecule has 3 heterocycles. The van der Waals surface area contributed by atoms with Crippen LogP contribution < -0.4 is 10.2 Å². The van der Waals surface area contributed by atoms with E-state index in [1.165, 1.54) is 4.90 Å². The van der Waals surface area contributed by atoms with E-state index in [1.807, 2.05) is 31.3 Å². The van der Waals surface area contributed by atoms with E-state index in [0.717, 1.165) is 42.8 Å². The first-order valence-corrected chi connectivity index (χ1v) is 9.18. The molecule has 1 saturated heterocycles. The maximum absolute atomic E-state index is 11.3. The van der Waals surface area contributed by atoms with Crippen molar-refractivity contribution in [3.05, 3.63) is 30.5 Å². The Bertz CT molecular complexity index is 792. The molecule has 8 heteroatoms. The molecule has 1 aliphatic heterocycles. The Morgan fingerprint density at radius 2 is 2.15 bits per heavy atom. The van der Waals surface area contributed by atoms with Crippen LogP contribution in [-0.2, 0) is 4.79 Å². The Kier molecular flexibility index (Phi) is 6.18. The molecule has 1 atom stereocenters. The molecule has 1 fully saturated rings. The molecular weight excluding hydrogens is 346 g/mol. The molecule has 0 spiro atoms. The molecule has 27 heavy (non-hydrogen) atoms. The summed E-state index contributed by atoms with van der Waals surface area (Å²) in [6, 6.07) is 7.86. The average molecular weight is 371 g/mol. The van der Waals surface area contributed by atoms with E-state index in [2.05, 4.69) is 15.2 Å². The van der Waals surface area contributed by atoms with Crippen LogP contribution in [0.2, 0.25) is 0 Å². The lowest BCUT2D eigenvalue weighted by atomic mass is 9.89. The zero-order chi connectivity index (χ0) is 19.2. The Morgan fingerprint density at radius 3 is 2.81 bits per heavy atom. The van der Waals surface area contributed by atoms with Crippen molar-refractivity contribution in [3.63, 3.8) is 0 Å². The summed E-state index contributed by atoms with van der Waals surface area (Å²) in [5, 5.41) is 12.5. The number of carboxylic acid groups (broad SMARTS) is 1. The third-order valence-electron chi connectivity index (χ3n) is 5.23. The number of amides is 1. The van der Waals surface area contributed by atoms with Crippen LogP contribution in [0, 0.1) is 5.92 Å². The highest BCUT2D eigenvalue weighted by Crippen LogP contribution is 2.25. The first-order chi connectivity index (χ1) is 13.1. The van der Waals surface area contributed by atoms with Crippen molar-refractivity contribution >= 4 is 29.2 Å². The smallest absolute Gasteiger partial charge is 0.407 e. The van der Waals surface area contributed by atoms with Crippen LogP contribution in [0.15, 0.2) is 30.5 Å². The summed E-state index contributed by atoms with van der Waals surface area (Å²) in [7, 11) is 1.84. The molecule has 1 amide bonds. The highest BCUT2D eigenvalue weighted by atomic mass is 16.4. The zero-order valence-electron chi connectivity index (χ0n) is 15.4. The fraction of sp³-hybridized carbons (Fsp3) is 0.474. The second-order valence-corrected chi connectivity index (χ2v) is 6.78. The minimum absolute atomic E-state index is 0.0250. The molecule has 2 aromatic heterocycles. The molecule has 0 saturated carbocycles. The second-order valence-electron chi connectivity index (χ2n) is 6.78. The number of anilines is 1. The maximum atomic E-state index is 11.3. The van der Waals surface area contributed by atoms with Gasteiger partial charge in [0.15, 0.2) is 0 Å². The maximum Gasteiger partial charge on any atom is 0.407 e. The number of nitrogens with zero attached hydrogens (tertiary/aromatic N) is 4. The second kappa shape index (κ2) is 8.77. The number of fused-ring (bicyclic) bond motifs is 1. The minimum Gasteiger partial charge on any atom is -0.465 e. The number of carbonyl (C=O) groups is 2. The van der Waals surface area contributed by atoms with Gasteiger partial charge < -0.3 is 20.1 Å². The van der Waals surface area contributed by atoms with Gasteiger partial charge in [-0.1, -0.05) is 0 Å². The largest absolute Gasteiger partial charge is 0.465 e. The number of rotatable bonds is 7. The summed E-state index contributed by atoms with van der Waals surface area (Å²) >= 11 is 0. The van der Waals surface area contributed by atoms with Crippen molar-refractivity contribution in [2.24, 2.45) is 5.92 Å². The summed E-state index contributed by atoms with van der Waals surface area (Å²) in [5.41, 5.74) is 1.77. The van der Waals surface area contributed by atoms with Gasteiger partial charge in [-0.05, 0) is 50.1 Å². The van der Waals surface area contributed by atoms with Crippen LogP contribution in [-0.4, -0.2) is 71.6 Å². The van der Waals surface area contributed by atoms with Gasteiger partial charge >= 0.3 is 6.09 Å². The molecule has 1 unspecified atom stereocenters. The first-order valence-electron chi connectivity index (χ1n) is 9.18. The fourth-order valence-corrected chi connectivity index (χ4v) is 3.69. The molecule has 0 aromatic carbocycles. The van der Waals surface area contributed by atoms with E-state index in [1.54, 1.807) is 6.20 Å². The SMILES string of the molecule is CNC(CN(CC=O)C(=O)O)C1CCN(c2ccc3ncccc3n2)CC1. The highest BCUT2D eigenvalue weighted by molar-refractivity contribution is 5.75. The number of hydrogen-bond acceptors (Lipinski definition) is 6. The number of carbonyl (C=O) groups excluding carboxylic acids is 1. The van der Waals surface area contributed by atoms with Gasteiger partial charge in [0.1, 0.15) is 12.1 Å². The topological polar surface area (TPSA) is 98.7 Å². The normalized spacial score (nSPS) is 16.3. The zero-order valence-corrected chi connectivity index (χ0v) is 15.4. The number of nitrogens with one attached hydrogen (secondary N) is 1. The van der Waals surface area contributed by atoms with E-state index in [4.69, 9.17) is 4.98 Å². The Hall–Kier alpha value is -2.74. The number of aldehydes is 1. The highest BCUT2D eigenvalue weighted by Gasteiger charge is 2.28. The molecule has 144 valence electrons. The summed E-state index contributed by atoms with van der Waals surface area (Å²) in [4.78, 5) is 34.4. The molecule has 0 bridgehead atoms. The van der Waals surface area contributed by atoms with Gasteiger partial charge in [-0.25, -0.2) is 9.78 Å². The molecule has 1 aliphatic rings. The number of hydrogen-bond donors (Lipinski definition) is 2. The van der Waals surface area contributed by atoms with Gasteiger partial charge in [-0.2, -0.15) is 0 Å². The van der Waals surface area contributed by atoms with E-state index in [0.29, 0.717) is 18.7 Å². The van der Waals surface area contributed by atoms with Crippen molar-refractivity contribution in [3.8, 4) is 0 Å². The van der Waals surface area contributed by atoms with Crippen LogP contribution in [0.4, 0.5) is 10.6 Å². The quantitative estimate of drug-likeness (QED) is 0.714. The monoisotopic (exact) mass is 371 g/mol. The summed E-state index contributed by atoms with van der Waals surface area (Å²) < 4.78 is 0.